The number of nitrogens with zero attached hydrogens (tertiary/aromatic N) is 1. The van der Waals surface area contributed by atoms with Crippen LogP contribution in [0.1, 0.15) is 35.8 Å². The van der Waals surface area contributed by atoms with Gasteiger partial charge in [-0.1, -0.05) is 0 Å². The van der Waals surface area contributed by atoms with Gasteiger partial charge in [-0.25, -0.2) is 0 Å². The van der Waals surface area contributed by atoms with Gasteiger partial charge in [-0.15, -0.1) is 0 Å². The molecule has 0 bridgehead atoms. The number of hydrogen-bond donors (Lipinski definition) is 4. The Morgan fingerprint density at radius 3 is 2.42 bits per heavy atom. The monoisotopic (exact) mass is 268 g/mol. The minimum Gasteiger partial charge on any atom is -0.394 e. The Kier molecular flexibility index (Phi) is 4.24. The van der Waals surface area contributed by atoms with Gasteiger partial charge in [0.05, 0.1) is 19.8 Å². The van der Waals surface area contributed by atoms with E-state index in [0.29, 0.717) is 11.7 Å². The van der Waals surface area contributed by atoms with Gasteiger partial charge in [0.2, 0.25) is 0 Å². The van der Waals surface area contributed by atoms with Crippen molar-refractivity contribution in [1.82, 2.24) is 9.88 Å². The summed E-state index contributed by atoms with van der Waals surface area (Å²) in [5.74, 6) is -0.394. The largest absolute Gasteiger partial charge is 0.394 e. The molecule has 0 unspecified atom stereocenters. The summed E-state index contributed by atoms with van der Waals surface area (Å²) in [5.41, 5.74) is -0.893. The molecule has 1 heterocycles. The molecule has 1 aliphatic rings. The van der Waals surface area contributed by atoms with E-state index in [0.717, 1.165) is 19.3 Å². The van der Waals surface area contributed by atoms with Crippen molar-refractivity contribution in [1.29, 1.82) is 0 Å². The maximum atomic E-state index is 12.2. The summed E-state index contributed by atoms with van der Waals surface area (Å²) < 4.78 is 1.91. The van der Waals surface area contributed by atoms with Crippen molar-refractivity contribution < 1.29 is 20.1 Å². The van der Waals surface area contributed by atoms with Crippen LogP contribution in [0.3, 0.4) is 0 Å². The molecule has 1 amide bonds. The van der Waals surface area contributed by atoms with Crippen molar-refractivity contribution in [3.8, 4) is 0 Å². The molecule has 0 saturated heterocycles. The first-order valence-corrected chi connectivity index (χ1v) is 6.48. The highest BCUT2D eigenvalue weighted by Crippen LogP contribution is 2.32. The highest BCUT2D eigenvalue weighted by Gasteiger charge is 2.32. The van der Waals surface area contributed by atoms with Crippen molar-refractivity contribution in [3.63, 3.8) is 0 Å². The molecule has 0 atom stereocenters. The van der Waals surface area contributed by atoms with Crippen LogP contribution < -0.4 is 5.32 Å². The molecule has 1 aliphatic carbocycles. The topological polar surface area (TPSA) is 94.7 Å². The highest BCUT2D eigenvalue weighted by molar-refractivity contribution is 5.93. The van der Waals surface area contributed by atoms with Crippen molar-refractivity contribution in [2.75, 3.05) is 19.8 Å². The molecule has 2 rings (SSSR count). The second-order valence-electron chi connectivity index (χ2n) is 5.09. The minimum atomic E-state index is -1.38. The number of nitrogens with one attached hydrogen (secondary N) is 1. The van der Waals surface area contributed by atoms with Gasteiger partial charge in [-0.05, 0) is 31.4 Å². The van der Waals surface area contributed by atoms with E-state index in [-0.39, 0.29) is 0 Å². The molecule has 19 heavy (non-hydrogen) atoms. The highest BCUT2D eigenvalue weighted by atomic mass is 16.3. The number of aliphatic hydroxyl groups excluding tert-OH is 3. The molecule has 106 valence electrons. The zero-order valence-electron chi connectivity index (χ0n) is 10.7. The number of carbonyl (C=O) groups is 1. The van der Waals surface area contributed by atoms with Crippen LogP contribution in [-0.4, -0.2) is 51.2 Å². The number of rotatable bonds is 6. The van der Waals surface area contributed by atoms with E-state index in [1.165, 1.54) is 0 Å². The SMILES string of the molecule is O=C(NC(CO)(CO)CO)c1cccn1C1CCC1. The standard InChI is InChI=1S/C13H20N2O4/c16-7-13(8-17,9-18)14-12(19)11-5-2-6-15(11)10-3-1-4-10/h2,5-6,10,16-18H,1,3-4,7-9H2,(H,14,19). The van der Waals surface area contributed by atoms with Crippen molar-refractivity contribution in [2.45, 2.75) is 30.8 Å². The lowest BCUT2D eigenvalue weighted by Crippen LogP contribution is -2.57. The molecule has 6 nitrogen and oxygen atoms in total. The molecular weight excluding hydrogens is 248 g/mol. The summed E-state index contributed by atoms with van der Waals surface area (Å²) in [4.78, 5) is 12.2. The van der Waals surface area contributed by atoms with E-state index in [1.54, 1.807) is 12.1 Å². The van der Waals surface area contributed by atoms with E-state index >= 15 is 0 Å². The Bertz CT molecular complexity index is 427. The Balaban J connectivity index is 2.13. The lowest BCUT2D eigenvalue weighted by atomic mass is 9.92. The van der Waals surface area contributed by atoms with Crippen LogP contribution in [0.25, 0.3) is 0 Å². The Labute approximate surface area is 111 Å². The molecule has 6 heteroatoms. The molecule has 1 fully saturated rings. The molecule has 0 aliphatic heterocycles. The van der Waals surface area contributed by atoms with E-state index in [4.69, 9.17) is 0 Å². The first-order valence-electron chi connectivity index (χ1n) is 6.48. The maximum Gasteiger partial charge on any atom is 0.268 e. The fourth-order valence-corrected chi connectivity index (χ4v) is 2.14. The maximum absolute atomic E-state index is 12.2. The smallest absolute Gasteiger partial charge is 0.268 e. The van der Waals surface area contributed by atoms with E-state index in [9.17, 15) is 20.1 Å². The molecule has 1 saturated carbocycles. The average Bonchev–Trinajstić information content (AvgIpc) is 2.83. The summed E-state index contributed by atoms with van der Waals surface area (Å²) in [7, 11) is 0. The van der Waals surface area contributed by atoms with Crippen LogP contribution in [0.2, 0.25) is 0 Å². The van der Waals surface area contributed by atoms with E-state index < -0.39 is 31.3 Å². The van der Waals surface area contributed by atoms with Crippen molar-refractivity contribution in [3.05, 3.63) is 24.0 Å². The summed E-state index contributed by atoms with van der Waals surface area (Å²) in [6.07, 6.45) is 5.13. The van der Waals surface area contributed by atoms with Crippen LogP contribution >= 0.6 is 0 Å². The predicted octanol–water partition coefficient (Wildman–Crippen LogP) is -0.341. The van der Waals surface area contributed by atoms with Gasteiger partial charge >= 0.3 is 0 Å². The quantitative estimate of drug-likeness (QED) is 0.567. The van der Waals surface area contributed by atoms with Gasteiger partial charge in [0, 0.05) is 12.2 Å². The van der Waals surface area contributed by atoms with Crippen LogP contribution in [0.15, 0.2) is 18.3 Å². The number of aromatic nitrogens is 1. The molecular formula is C13H20N2O4. The van der Waals surface area contributed by atoms with Gasteiger partial charge in [0.1, 0.15) is 11.2 Å². The third kappa shape index (κ3) is 2.65. The normalized spacial score (nSPS) is 16.2. The van der Waals surface area contributed by atoms with Gasteiger partial charge < -0.3 is 25.2 Å². The summed E-state index contributed by atoms with van der Waals surface area (Å²) in [6, 6.07) is 3.85. The lowest BCUT2D eigenvalue weighted by Gasteiger charge is -2.31. The second kappa shape index (κ2) is 5.73. The van der Waals surface area contributed by atoms with Gasteiger partial charge in [0.15, 0.2) is 0 Å². The van der Waals surface area contributed by atoms with Crippen LogP contribution in [0, 0.1) is 0 Å². The molecule has 1 aromatic heterocycles. The van der Waals surface area contributed by atoms with Crippen molar-refractivity contribution >= 4 is 5.91 Å². The molecule has 0 spiro atoms. The molecule has 1 aromatic rings. The van der Waals surface area contributed by atoms with Gasteiger partial charge in [0.25, 0.3) is 5.91 Å². The van der Waals surface area contributed by atoms with Crippen LogP contribution in [0.5, 0.6) is 0 Å². The van der Waals surface area contributed by atoms with Gasteiger partial charge in [-0.2, -0.15) is 0 Å². The number of amides is 1. The average molecular weight is 268 g/mol. The fraction of sp³-hybridized carbons (Fsp3) is 0.615. The number of carbonyl (C=O) groups excluding carboxylic acids is 1. The minimum absolute atomic E-state index is 0.350. The second-order valence-corrected chi connectivity index (χ2v) is 5.09. The molecule has 0 radical (unpaired) electrons. The first kappa shape index (κ1) is 14.0. The Hall–Kier alpha value is -1.37. The number of aliphatic hydroxyl groups is 3. The van der Waals surface area contributed by atoms with E-state index in [1.807, 2.05) is 10.8 Å². The Morgan fingerprint density at radius 1 is 1.32 bits per heavy atom. The third-order valence-electron chi connectivity index (χ3n) is 3.77. The zero-order chi connectivity index (χ0) is 13.9. The van der Waals surface area contributed by atoms with Crippen LogP contribution in [-0.2, 0) is 0 Å². The summed E-state index contributed by atoms with van der Waals surface area (Å²) >= 11 is 0. The fourth-order valence-electron chi connectivity index (χ4n) is 2.14. The number of hydrogen-bond acceptors (Lipinski definition) is 4. The lowest BCUT2D eigenvalue weighted by molar-refractivity contribution is 0.0369. The van der Waals surface area contributed by atoms with E-state index in [2.05, 4.69) is 5.32 Å². The summed E-state index contributed by atoms with van der Waals surface area (Å²) in [6.45, 7) is -1.55. The first-order chi connectivity index (χ1) is 9.15. The van der Waals surface area contributed by atoms with Crippen molar-refractivity contribution in [2.24, 2.45) is 0 Å². The van der Waals surface area contributed by atoms with Crippen LogP contribution in [0.4, 0.5) is 0 Å². The summed E-state index contributed by atoms with van der Waals surface area (Å²) in [5, 5.41) is 30.2. The predicted molar refractivity (Wildman–Crippen MR) is 68.8 cm³/mol. The third-order valence-corrected chi connectivity index (χ3v) is 3.77. The molecule has 4 N–H and O–H groups in total. The molecule has 0 aromatic carbocycles. The Morgan fingerprint density at radius 2 is 1.95 bits per heavy atom. The zero-order valence-corrected chi connectivity index (χ0v) is 10.7. The van der Waals surface area contributed by atoms with Gasteiger partial charge in [-0.3, -0.25) is 4.79 Å².